The lowest BCUT2D eigenvalue weighted by Gasteiger charge is -2.05. The Morgan fingerprint density at radius 3 is 2.79 bits per heavy atom. The Kier molecular flexibility index (Phi) is 3.87. The number of nitrogens with zero attached hydrogens (tertiary/aromatic N) is 3. The lowest BCUT2D eigenvalue weighted by atomic mass is 10.2. The van der Waals surface area contributed by atoms with Crippen molar-refractivity contribution in [2.45, 2.75) is 23.6 Å². The Hall–Kier alpha value is -1.86. The monoisotopic (exact) mass is 279 g/mol. The fourth-order valence-electron chi connectivity index (χ4n) is 1.67. The lowest BCUT2D eigenvalue weighted by molar-refractivity contribution is -0.385. The van der Waals surface area contributed by atoms with Crippen molar-refractivity contribution in [2.24, 2.45) is 7.05 Å². The molecule has 1 aromatic heterocycles. The van der Waals surface area contributed by atoms with E-state index in [1.807, 2.05) is 7.05 Å². The number of nitro groups is 1. The van der Waals surface area contributed by atoms with Crippen LogP contribution in [0.4, 0.5) is 5.69 Å². The second kappa shape index (κ2) is 5.41. The molecule has 1 aromatic carbocycles. The van der Waals surface area contributed by atoms with E-state index >= 15 is 0 Å². The normalized spacial score (nSPS) is 10.7. The van der Waals surface area contributed by atoms with E-state index in [0.717, 1.165) is 15.7 Å². The van der Waals surface area contributed by atoms with Gasteiger partial charge in [-0.2, -0.15) is 0 Å². The van der Waals surface area contributed by atoms with E-state index in [2.05, 4.69) is 4.98 Å². The number of aliphatic hydroxyl groups is 1. The molecule has 0 fully saturated rings. The molecule has 1 N–H and O–H groups in total. The van der Waals surface area contributed by atoms with Gasteiger partial charge in [0.05, 0.1) is 23.4 Å². The summed E-state index contributed by atoms with van der Waals surface area (Å²) in [6.07, 6.45) is 1.61. The fraction of sp³-hybridized carbons (Fsp3) is 0.250. The third-order valence-electron chi connectivity index (χ3n) is 2.78. The molecule has 0 aliphatic heterocycles. The van der Waals surface area contributed by atoms with Crippen LogP contribution in [0.25, 0.3) is 0 Å². The van der Waals surface area contributed by atoms with Crippen LogP contribution in [0.3, 0.4) is 0 Å². The maximum Gasteiger partial charge on any atom is 0.272 e. The van der Waals surface area contributed by atoms with Gasteiger partial charge in [0.15, 0.2) is 5.16 Å². The van der Waals surface area contributed by atoms with Crippen LogP contribution in [0.2, 0.25) is 0 Å². The molecule has 100 valence electrons. The minimum Gasteiger partial charge on any atom is -0.390 e. The van der Waals surface area contributed by atoms with Gasteiger partial charge in [-0.05, 0) is 19.1 Å². The van der Waals surface area contributed by atoms with Crippen molar-refractivity contribution in [3.8, 4) is 0 Å². The van der Waals surface area contributed by atoms with Crippen LogP contribution in [-0.2, 0) is 13.7 Å². The molecule has 1 heterocycles. The minimum atomic E-state index is -0.394. The second-order valence-corrected chi connectivity index (χ2v) is 5.10. The van der Waals surface area contributed by atoms with Crippen molar-refractivity contribution >= 4 is 17.4 Å². The molecule has 6 nitrogen and oxygen atoms in total. The van der Waals surface area contributed by atoms with Gasteiger partial charge in [0.2, 0.25) is 0 Å². The molecule has 0 bridgehead atoms. The summed E-state index contributed by atoms with van der Waals surface area (Å²) in [5, 5.41) is 20.6. The summed E-state index contributed by atoms with van der Waals surface area (Å²) in [6.45, 7) is 1.64. The summed E-state index contributed by atoms with van der Waals surface area (Å²) in [6, 6.07) is 4.95. The first-order valence-electron chi connectivity index (χ1n) is 5.57. The predicted molar refractivity (Wildman–Crippen MR) is 71.1 cm³/mol. The van der Waals surface area contributed by atoms with Crippen LogP contribution >= 0.6 is 11.8 Å². The molecule has 0 saturated heterocycles. The molecule has 2 rings (SSSR count). The molecular weight excluding hydrogens is 266 g/mol. The third kappa shape index (κ3) is 2.77. The van der Waals surface area contributed by atoms with Gasteiger partial charge in [-0.25, -0.2) is 4.98 Å². The van der Waals surface area contributed by atoms with Crippen LogP contribution in [0, 0.1) is 17.0 Å². The molecule has 2 aromatic rings. The van der Waals surface area contributed by atoms with E-state index in [0.29, 0.717) is 5.56 Å². The first-order chi connectivity index (χ1) is 9.02. The number of aromatic nitrogens is 2. The second-order valence-electron chi connectivity index (χ2n) is 4.06. The summed E-state index contributed by atoms with van der Waals surface area (Å²) < 4.78 is 1.79. The summed E-state index contributed by atoms with van der Waals surface area (Å²) in [5.41, 5.74) is 1.45. The van der Waals surface area contributed by atoms with Crippen LogP contribution in [0.5, 0.6) is 0 Å². The van der Waals surface area contributed by atoms with E-state index < -0.39 is 4.92 Å². The summed E-state index contributed by atoms with van der Waals surface area (Å²) in [5.74, 6) is 0. The van der Waals surface area contributed by atoms with Gasteiger partial charge in [-0.15, -0.1) is 0 Å². The van der Waals surface area contributed by atoms with Crippen LogP contribution in [0.15, 0.2) is 34.4 Å². The number of hydrogen-bond acceptors (Lipinski definition) is 5. The van der Waals surface area contributed by atoms with Crippen molar-refractivity contribution in [3.63, 3.8) is 0 Å². The Morgan fingerprint density at radius 2 is 2.26 bits per heavy atom. The maximum absolute atomic E-state index is 10.7. The van der Waals surface area contributed by atoms with Crippen LogP contribution in [-0.4, -0.2) is 19.6 Å². The molecule has 0 saturated carbocycles. The van der Waals surface area contributed by atoms with Crippen molar-refractivity contribution < 1.29 is 10.0 Å². The van der Waals surface area contributed by atoms with E-state index in [4.69, 9.17) is 5.11 Å². The Morgan fingerprint density at radius 1 is 1.53 bits per heavy atom. The fourth-order valence-corrected chi connectivity index (χ4v) is 2.61. The highest BCUT2D eigenvalue weighted by Crippen LogP contribution is 2.30. The topological polar surface area (TPSA) is 81.2 Å². The van der Waals surface area contributed by atoms with E-state index in [9.17, 15) is 10.1 Å². The van der Waals surface area contributed by atoms with Crippen molar-refractivity contribution in [1.29, 1.82) is 0 Å². The Labute approximate surface area is 114 Å². The van der Waals surface area contributed by atoms with Gasteiger partial charge in [0.25, 0.3) is 5.69 Å². The van der Waals surface area contributed by atoms with Crippen LogP contribution < -0.4 is 0 Å². The molecule has 0 spiro atoms. The summed E-state index contributed by atoms with van der Waals surface area (Å²) >= 11 is 1.40. The maximum atomic E-state index is 10.7. The first-order valence-corrected chi connectivity index (χ1v) is 6.39. The highest BCUT2D eigenvalue weighted by molar-refractivity contribution is 7.99. The molecule has 0 unspecified atom stereocenters. The highest BCUT2D eigenvalue weighted by atomic mass is 32.2. The molecular formula is C12H13N3O3S. The number of aryl methyl sites for hydroxylation is 1. The summed E-state index contributed by atoms with van der Waals surface area (Å²) in [7, 11) is 1.82. The van der Waals surface area contributed by atoms with Gasteiger partial charge < -0.3 is 9.67 Å². The predicted octanol–water partition coefficient (Wildman–Crippen LogP) is 2.28. The molecule has 0 aliphatic carbocycles. The number of aliphatic hydroxyl groups excluding tert-OH is 1. The summed E-state index contributed by atoms with van der Waals surface area (Å²) in [4.78, 5) is 15.4. The zero-order valence-corrected chi connectivity index (χ0v) is 11.3. The standard InChI is InChI=1S/C12H13N3O3S/c1-8-5-10(3-4-11(8)15(17)18)19-12-13-6-9(7-16)14(12)2/h3-6,16H,7H2,1-2H3. The van der Waals surface area contributed by atoms with E-state index in [1.165, 1.54) is 17.8 Å². The van der Waals surface area contributed by atoms with Crippen molar-refractivity contribution in [1.82, 2.24) is 9.55 Å². The Balaban J connectivity index is 2.26. The van der Waals surface area contributed by atoms with Crippen LogP contribution in [0.1, 0.15) is 11.3 Å². The molecule has 7 heteroatoms. The lowest BCUT2D eigenvalue weighted by Crippen LogP contribution is -1.97. The van der Waals surface area contributed by atoms with Gasteiger partial charge in [-0.1, -0.05) is 11.8 Å². The molecule has 0 atom stereocenters. The number of imidazole rings is 1. The third-order valence-corrected chi connectivity index (χ3v) is 3.83. The molecule has 0 amide bonds. The van der Waals surface area contributed by atoms with Crippen molar-refractivity contribution in [2.75, 3.05) is 0 Å². The quantitative estimate of drug-likeness (QED) is 0.686. The average Bonchev–Trinajstić information content (AvgIpc) is 2.70. The number of rotatable bonds is 4. The SMILES string of the molecule is Cc1cc(Sc2ncc(CO)n2C)ccc1[N+](=O)[O-]. The van der Waals surface area contributed by atoms with Crippen molar-refractivity contribution in [3.05, 3.63) is 45.8 Å². The molecule has 0 radical (unpaired) electrons. The van der Waals surface area contributed by atoms with Gasteiger partial charge in [0, 0.05) is 23.6 Å². The van der Waals surface area contributed by atoms with E-state index in [-0.39, 0.29) is 12.3 Å². The number of nitro benzene ring substituents is 1. The van der Waals surface area contributed by atoms with Gasteiger partial charge in [-0.3, -0.25) is 10.1 Å². The minimum absolute atomic E-state index is 0.0661. The first kappa shape index (κ1) is 13.6. The zero-order chi connectivity index (χ0) is 14.0. The number of hydrogen-bond donors (Lipinski definition) is 1. The Bertz CT molecular complexity index is 625. The van der Waals surface area contributed by atoms with E-state index in [1.54, 1.807) is 29.8 Å². The highest BCUT2D eigenvalue weighted by Gasteiger charge is 2.12. The van der Waals surface area contributed by atoms with Gasteiger partial charge >= 0.3 is 0 Å². The largest absolute Gasteiger partial charge is 0.390 e. The smallest absolute Gasteiger partial charge is 0.272 e. The average molecular weight is 279 g/mol. The number of benzene rings is 1. The zero-order valence-electron chi connectivity index (χ0n) is 10.5. The molecule has 0 aliphatic rings. The molecule has 19 heavy (non-hydrogen) atoms. The van der Waals surface area contributed by atoms with Gasteiger partial charge in [0.1, 0.15) is 0 Å².